The van der Waals surface area contributed by atoms with Crippen LogP contribution in [0, 0.1) is 0 Å². The largest absolute Gasteiger partial charge is 0.357 e. The van der Waals surface area contributed by atoms with Crippen molar-refractivity contribution >= 4 is 53.1 Å². The lowest BCUT2D eigenvalue weighted by molar-refractivity contribution is -0.118. The van der Waals surface area contributed by atoms with E-state index in [0.29, 0.717) is 18.1 Å². The predicted octanol–water partition coefficient (Wildman–Crippen LogP) is 3.82. The first-order chi connectivity index (χ1) is 14.2. The van der Waals surface area contributed by atoms with Gasteiger partial charge in [-0.05, 0) is 49.4 Å². The van der Waals surface area contributed by atoms with Gasteiger partial charge in [0.2, 0.25) is 5.91 Å². The molecule has 0 saturated carbocycles. The van der Waals surface area contributed by atoms with E-state index in [0.717, 1.165) is 56.1 Å². The van der Waals surface area contributed by atoms with Crippen molar-refractivity contribution in [1.82, 2.24) is 15.6 Å². The Morgan fingerprint density at radius 3 is 2.83 bits per heavy atom. The predicted molar refractivity (Wildman–Crippen MR) is 134 cm³/mol. The summed E-state index contributed by atoms with van der Waals surface area (Å²) >= 11 is 5.81. The summed E-state index contributed by atoms with van der Waals surface area (Å²) in [5, 5.41) is 7.07. The second kappa shape index (κ2) is 12.7. The van der Waals surface area contributed by atoms with Crippen molar-refractivity contribution in [1.29, 1.82) is 0 Å². The smallest absolute Gasteiger partial charge is 0.227 e. The Bertz CT molecular complexity index is 844. The molecule has 2 aromatic rings. The fraction of sp³-hybridized carbons (Fsp3) is 0.409. The van der Waals surface area contributed by atoms with Crippen molar-refractivity contribution in [2.45, 2.75) is 32.6 Å². The quantitative estimate of drug-likeness (QED) is 0.175. The highest BCUT2D eigenvalue weighted by molar-refractivity contribution is 14.0. The van der Waals surface area contributed by atoms with Crippen molar-refractivity contribution in [3.05, 3.63) is 58.9 Å². The topological polar surface area (TPSA) is 69.6 Å². The molecule has 0 unspecified atom stereocenters. The summed E-state index contributed by atoms with van der Waals surface area (Å²) in [6.45, 7) is 4.97. The molecule has 1 aromatic heterocycles. The highest BCUT2D eigenvalue weighted by atomic mass is 127. The summed E-state index contributed by atoms with van der Waals surface area (Å²) in [6.07, 6.45) is 4.80. The number of fused-ring (bicyclic) bond motifs is 1. The van der Waals surface area contributed by atoms with E-state index in [1.54, 1.807) is 12.3 Å². The van der Waals surface area contributed by atoms with Crippen LogP contribution in [0.2, 0.25) is 5.15 Å². The maximum atomic E-state index is 12.6. The molecular weight excluding hydrogens is 513 g/mol. The molecule has 0 atom stereocenters. The van der Waals surface area contributed by atoms with Gasteiger partial charge in [0.1, 0.15) is 5.15 Å². The molecule has 0 spiro atoms. The van der Waals surface area contributed by atoms with E-state index < -0.39 is 0 Å². The van der Waals surface area contributed by atoms with Gasteiger partial charge in [0, 0.05) is 44.5 Å². The minimum Gasteiger partial charge on any atom is -0.357 e. The minimum atomic E-state index is 0. The molecule has 30 heavy (non-hydrogen) atoms. The summed E-state index contributed by atoms with van der Waals surface area (Å²) in [7, 11) is 0. The number of amides is 1. The van der Waals surface area contributed by atoms with E-state index in [-0.39, 0.29) is 29.9 Å². The van der Waals surface area contributed by atoms with Crippen LogP contribution in [-0.4, -0.2) is 43.0 Å². The van der Waals surface area contributed by atoms with E-state index >= 15 is 0 Å². The van der Waals surface area contributed by atoms with Crippen molar-refractivity contribution in [3.63, 3.8) is 0 Å². The van der Waals surface area contributed by atoms with E-state index in [2.05, 4.69) is 26.7 Å². The third-order valence-corrected chi connectivity index (χ3v) is 5.07. The maximum Gasteiger partial charge on any atom is 0.227 e. The molecule has 6 nitrogen and oxygen atoms in total. The summed E-state index contributed by atoms with van der Waals surface area (Å²) in [4.78, 5) is 23.1. The lowest BCUT2D eigenvalue weighted by Crippen LogP contribution is -2.38. The Balaban J connectivity index is 0.00000320. The van der Waals surface area contributed by atoms with Crippen molar-refractivity contribution < 1.29 is 4.79 Å². The lowest BCUT2D eigenvalue weighted by Gasteiger charge is -2.17. The number of hydrogen-bond acceptors (Lipinski definition) is 3. The molecule has 0 radical (unpaired) electrons. The number of anilines is 1. The first kappa shape index (κ1) is 24.4. The van der Waals surface area contributed by atoms with Crippen LogP contribution in [0.4, 0.5) is 5.69 Å². The number of guanidine groups is 1. The number of carbonyl (C=O) groups is 1. The van der Waals surface area contributed by atoms with Crippen LogP contribution < -0.4 is 15.5 Å². The zero-order valence-electron chi connectivity index (χ0n) is 17.2. The Morgan fingerprint density at radius 2 is 2.07 bits per heavy atom. The minimum absolute atomic E-state index is 0. The van der Waals surface area contributed by atoms with Crippen LogP contribution in [0.25, 0.3) is 0 Å². The second-order valence-electron chi connectivity index (χ2n) is 6.95. The fourth-order valence-electron chi connectivity index (χ4n) is 3.37. The standard InChI is InChI=1S/C22H28ClN5O.HI/c1-2-24-22(26-14-11-17-9-10-20(23)27-16-17)25-13-5-8-21(29)28-15-12-18-6-3-4-7-19(18)28;/h3-4,6-7,9-10,16H,2,5,8,11-15H2,1H3,(H2,24,25,26);1H. The summed E-state index contributed by atoms with van der Waals surface area (Å²) in [5.74, 6) is 0.951. The number of para-hydroxylation sites is 1. The number of benzene rings is 1. The first-order valence-corrected chi connectivity index (χ1v) is 10.6. The molecule has 1 aliphatic rings. The Hall–Kier alpha value is -1.87. The first-order valence-electron chi connectivity index (χ1n) is 10.2. The second-order valence-corrected chi connectivity index (χ2v) is 7.34. The molecule has 2 N–H and O–H groups in total. The molecule has 2 heterocycles. The molecule has 8 heteroatoms. The molecule has 162 valence electrons. The van der Waals surface area contributed by atoms with Gasteiger partial charge in [0.25, 0.3) is 0 Å². The van der Waals surface area contributed by atoms with E-state index in [1.807, 2.05) is 36.1 Å². The molecule has 0 bridgehead atoms. The van der Waals surface area contributed by atoms with Gasteiger partial charge in [0.05, 0.1) is 0 Å². The fourth-order valence-corrected chi connectivity index (χ4v) is 3.49. The molecule has 0 aliphatic carbocycles. The molecular formula is C22H29ClIN5O. The van der Waals surface area contributed by atoms with Crippen LogP contribution in [-0.2, 0) is 17.6 Å². The van der Waals surface area contributed by atoms with Crippen LogP contribution in [0.1, 0.15) is 30.9 Å². The summed E-state index contributed by atoms with van der Waals surface area (Å²) < 4.78 is 0. The summed E-state index contributed by atoms with van der Waals surface area (Å²) in [5.41, 5.74) is 3.44. The molecule has 0 saturated heterocycles. The average Bonchev–Trinajstić information content (AvgIpc) is 3.17. The Morgan fingerprint density at radius 1 is 1.23 bits per heavy atom. The maximum absolute atomic E-state index is 12.6. The third-order valence-electron chi connectivity index (χ3n) is 4.85. The van der Waals surface area contributed by atoms with Crippen molar-refractivity contribution in [2.24, 2.45) is 4.99 Å². The van der Waals surface area contributed by atoms with Gasteiger partial charge in [0.15, 0.2) is 5.96 Å². The van der Waals surface area contributed by atoms with Gasteiger partial charge in [-0.25, -0.2) is 4.98 Å². The van der Waals surface area contributed by atoms with E-state index in [1.165, 1.54) is 5.56 Å². The molecule has 1 aliphatic heterocycles. The number of pyridine rings is 1. The molecule has 1 aromatic carbocycles. The van der Waals surface area contributed by atoms with Gasteiger partial charge in [-0.2, -0.15) is 0 Å². The zero-order chi connectivity index (χ0) is 20.5. The monoisotopic (exact) mass is 541 g/mol. The number of aromatic nitrogens is 1. The number of halogens is 2. The normalized spacial score (nSPS) is 12.9. The highest BCUT2D eigenvalue weighted by Crippen LogP contribution is 2.27. The van der Waals surface area contributed by atoms with Gasteiger partial charge < -0.3 is 15.5 Å². The van der Waals surface area contributed by atoms with Crippen LogP contribution in [0.15, 0.2) is 47.6 Å². The SMILES string of the molecule is CCNC(=NCCCC(=O)N1CCc2ccccc21)NCCc1ccc(Cl)nc1.I. The molecule has 0 fully saturated rings. The van der Waals surface area contributed by atoms with E-state index in [9.17, 15) is 4.79 Å². The van der Waals surface area contributed by atoms with Crippen molar-refractivity contribution in [3.8, 4) is 0 Å². The van der Waals surface area contributed by atoms with Gasteiger partial charge in [-0.15, -0.1) is 24.0 Å². The molecule has 3 rings (SSSR count). The zero-order valence-corrected chi connectivity index (χ0v) is 20.3. The molecule has 1 amide bonds. The van der Waals surface area contributed by atoms with Crippen LogP contribution in [0.5, 0.6) is 0 Å². The van der Waals surface area contributed by atoms with E-state index in [4.69, 9.17) is 11.6 Å². The third kappa shape index (κ3) is 7.12. The van der Waals surface area contributed by atoms with Gasteiger partial charge in [-0.1, -0.05) is 35.9 Å². The van der Waals surface area contributed by atoms with Gasteiger partial charge >= 0.3 is 0 Å². The van der Waals surface area contributed by atoms with Gasteiger partial charge in [-0.3, -0.25) is 9.79 Å². The lowest BCUT2D eigenvalue weighted by atomic mass is 10.2. The number of carbonyl (C=O) groups excluding carboxylic acids is 1. The van der Waals surface area contributed by atoms with Crippen LogP contribution in [0.3, 0.4) is 0 Å². The Kier molecular flexibility index (Phi) is 10.4. The highest BCUT2D eigenvalue weighted by Gasteiger charge is 2.23. The Labute approximate surface area is 200 Å². The van der Waals surface area contributed by atoms with Crippen LogP contribution >= 0.6 is 35.6 Å². The number of rotatable bonds is 8. The van der Waals surface area contributed by atoms with Crippen molar-refractivity contribution in [2.75, 3.05) is 31.1 Å². The number of nitrogens with zero attached hydrogens (tertiary/aromatic N) is 3. The number of nitrogens with one attached hydrogen (secondary N) is 2. The number of aliphatic imine (C=N–C) groups is 1. The number of hydrogen-bond donors (Lipinski definition) is 2. The average molecular weight is 542 g/mol. The summed E-state index contributed by atoms with van der Waals surface area (Å²) in [6, 6.07) is 11.9.